The Balaban J connectivity index is 3.28. The van der Waals surface area contributed by atoms with Gasteiger partial charge >= 0.3 is 0 Å². The average molecular weight is 214 g/mol. The van der Waals surface area contributed by atoms with Gasteiger partial charge in [-0.1, -0.05) is 51.1 Å². The topological polar surface area (TPSA) is 49.8 Å². The number of rotatable bonds is 3. The van der Waals surface area contributed by atoms with Gasteiger partial charge in [0.05, 0.1) is 5.57 Å². The lowest BCUT2D eigenvalue weighted by molar-refractivity contribution is 0.426. The molecule has 0 unspecified atom stereocenters. The molecule has 84 valence electrons. The lowest BCUT2D eigenvalue weighted by atomic mass is 9.83. The van der Waals surface area contributed by atoms with Gasteiger partial charge in [0.1, 0.15) is 6.07 Å². The Kier molecular flexibility index (Phi) is 3.73. The van der Waals surface area contributed by atoms with E-state index in [0.717, 1.165) is 12.0 Å². The SMILES string of the molecule is CCC(C)(C)/C(N)=C(/C#N)c1ccccc1. The van der Waals surface area contributed by atoms with E-state index in [-0.39, 0.29) is 5.41 Å². The molecule has 0 aliphatic carbocycles. The fourth-order valence-electron chi connectivity index (χ4n) is 1.41. The molecular weight excluding hydrogens is 196 g/mol. The second-order valence-corrected chi connectivity index (χ2v) is 4.50. The van der Waals surface area contributed by atoms with Gasteiger partial charge in [-0.3, -0.25) is 0 Å². The smallest absolute Gasteiger partial charge is 0.102 e. The molecule has 1 aromatic rings. The molecule has 0 bridgehead atoms. The summed E-state index contributed by atoms with van der Waals surface area (Å²) in [5.74, 6) is 0. The summed E-state index contributed by atoms with van der Waals surface area (Å²) in [7, 11) is 0. The van der Waals surface area contributed by atoms with Gasteiger partial charge in [0.2, 0.25) is 0 Å². The molecule has 2 heteroatoms. The summed E-state index contributed by atoms with van der Waals surface area (Å²) in [6.07, 6.45) is 0.914. The zero-order valence-electron chi connectivity index (χ0n) is 10.1. The molecule has 0 aromatic heterocycles. The first-order valence-electron chi connectivity index (χ1n) is 5.48. The Morgan fingerprint density at radius 1 is 1.31 bits per heavy atom. The molecule has 2 N–H and O–H groups in total. The van der Waals surface area contributed by atoms with Crippen molar-refractivity contribution in [2.24, 2.45) is 11.1 Å². The van der Waals surface area contributed by atoms with Crippen LogP contribution >= 0.6 is 0 Å². The van der Waals surface area contributed by atoms with Crippen LogP contribution in [0, 0.1) is 16.7 Å². The summed E-state index contributed by atoms with van der Waals surface area (Å²) in [4.78, 5) is 0. The maximum absolute atomic E-state index is 9.22. The van der Waals surface area contributed by atoms with Crippen LogP contribution in [0.15, 0.2) is 36.0 Å². The van der Waals surface area contributed by atoms with Crippen molar-refractivity contribution in [2.45, 2.75) is 27.2 Å². The van der Waals surface area contributed by atoms with Crippen LogP contribution in [0.5, 0.6) is 0 Å². The van der Waals surface area contributed by atoms with Crippen LogP contribution in [-0.4, -0.2) is 0 Å². The summed E-state index contributed by atoms with van der Waals surface area (Å²) in [5, 5.41) is 9.22. The number of nitrogens with two attached hydrogens (primary N) is 1. The minimum absolute atomic E-state index is 0.138. The van der Waals surface area contributed by atoms with E-state index < -0.39 is 0 Å². The maximum Gasteiger partial charge on any atom is 0.102 e. The Labute approximate surface area is 97.4 Å². The molecule has 1 rings (SSSR count). The molecule has 0 fully saturated rings. The Bertz CT molecular complexity index is 422. The molecule has 1 aromatic carbocycles. The summed E-state index contributed by atoms with van der Waals surface area (Å²) in [6, 6.07) is 11.8. The van der Waals surface area contributed by atoms with E-state index in [1.54, 1.807) is 0 Å². The highest BCUT2D eigenvalue weighted by Crippen LogP contribution is 2.31. The first-order chi connectivity index (χ1) is 7.53. The third-order valence-corrected chi connectivity index (χ3v) is 3.06. The fourth-order valence-corrected chi connectivity index (χ4v) is 1.41. The van der Waals surface area contributed by atoms with Crippen molar-refractivity contribution in [3.05, 3.63) is 41.6 Å². The molecule has 2 nitrogen and oxygen atoms in total. The highest BCUT2D eigenvalue weighted by Gasteiger charge is 2.22. The van der Waals surface area contributed by atoms with Crippen LogP contribution in [0.1, 0.15) is 32.8 Å². The van der Waals surface area contributed by atoms with Gasteiger partial charge in [0.15, 0.2) is 0 Å². The largest absolute Gasteiger partial charge is 0.401 e. The Morgan fingerprint density at radius 3 is 2.31 bits per heavy atom. The van der Waals surface area contributed by atoms with Gasteiger partial charge in [0, 0.05) is 11.1 Å². The van der Waals surface area contributed by atoms with E-state index in [9.17, 15) is 5.26 Å². The fraction of sp³-hybridized carbons (Fsp3) is 0.357. The first kappa shape index (κ1) is 12.3. The Hall–Kier alpha value is -1.75. The molecule has 0 aliphatic rings. The van der Waals surface area contributed by atoms with Crippen LogP contribution in [-0.2, 0) is 0 Å². The second kappa shape index (κ2) is 4.85. The third kappa shape index (κ3) is 2.43. The quantitative estimate of drug-likeness (QED) is 0.785. The number of hydrogen-bond donors (Lipinski definition) is 1. The number of allylic oxidation sites excluding steroid dienone is 2. The van der Waals surface area contributed by atoms with Gasteiger partial charge in [-0.25, -0.2) is 0 Å². The lowest BCUT2D eigenvalue weighted by Crippen LogP contribution is -2.21. The van der Waals surface area contributed by atoms with Gasteiger partial charge in [-0.2, -0.15) is 5.26 Å². The van der Waals surface area contributed by atoms with Crippen molar-refractivity contribution >= 4 is 5.57 Å². The van der Waals surface area contributed by atoms with E-state index in [2.05, 4.69) is 26.8 Å². The molecule has 0 atom stereocenters. The molecule has 0 amide bonds. The zero-order chi connectivity index (χ0) is 12.2. The predicted octanol–water partition coefficient (Wildman–Crippen LogP) is 3.32. The van der Waals surface area contributed by atoms with Crippen molar-refractivity contribution in [1.82, 2.24) is 0 Å². The number of nitrogens with zero attached hydrogens (tertiary/aromatic N) is 1. The average Bonchev–Trinajstić information content (AvgIpc) is 2.31. The molecule has 0 saturated heterocycles. The summed E-state index contributed by atoms with van der Waals surface area (Å²) in [5.41, 5.74) is 8.12. The van der Waals surface area contributed by atoms with E-state index in [0.29, 0.717) is 11.3 Å². The van der Waals surface area contributed by atoms with Crippen molar-refractivity contribution in [2.75, 3.05) is 0 Å². The van der Waals surface area contributed by atoms with Gasteiger partial charge < -0.3 is 5.73 Å². The summed E-state index contributed by atoms with van der Waals surface area (Å²) >= 11 is 0. The van der Waals surface area contributed by atoms with E-state index in [4.69, 9.17) is 5.73 Å². The monoisotopic (exact) mass is 214 g/mol. The standard InChI is InChI=1S/C14H18N2/c1-4-14(2,3)13(16)12(10-15)11-8-6-5-7-9-11/h5-9H,4,16H2,1-3H3/b13-12+. The number of benzene rings is 1. The molecule has 16 heavy (non-hydrogen) atoms. The summed E-state index contributed by atoms with van der Waals surface area (Å²) in [6.45, 7) is 6.19. The lowest BCUT2D eigenvalue weighted by Gasteiger charge is -2.24. The Morgan fingerprint density at radius 2 is 1.88 bits per heavy atom. The molecule has 0 spiro atoms. The molecular formula is C14H18N2. The molecule has 0 aliphatic heterocycles. The minimum Gasteiger partial charge on any atom is -0.401 e. The molecule has 0 heterocycles. The van der Waals surface area contributed by atoms with Crippen LogP contribution in [0.25, 0.3) is 5.57 Å². The summed E-state index contributed by atoms with van der Waals surface area (Å²) < 4.78 is 0. The van der Waals surface area contributed by atoms with Crippen LogP contribution in [0.2, 0.25) is 0 Å². The molecule has 0 saturated carbocycles. The van der Waals surface area contributed by atoms with Crippen LogP contribution in [0.3, 0.4) is 0 Å². The van der Waals surface area contributed by atoms with E-state index in [1.165, 1.54) is 0 Å². The second-order valence-electron chi connectivity index (χ2n) is 4.50. The first-order valence-corrected chi connectivity index (χ1v) is 5.48. The van der Waals surface area contributed by atoms with E-state index >= 15 is 0 Å². The molecule has 0 radical (unpaired) electrons. The number of nitriles is 1. The van der Waals surface area contributed by atoms with E-state index in [1.807, 2.05) is 30.3 Å². The maximum atomic E-state index is 9.22. The minimum atomic E-state index is -0.138. The van der Waals surface area contributed by atoms with Crippen LogP contribution < -0.4 is 5.73 Å². The normalized spacial score (nSPS) is 12.9. The van der Waals surface area contributed by atoms with Crippen LogP contribution in [0.4, 0.5) is 0 Å². The zero-order valence-corrected chi connectivity index (χ0v) is 10.1. The van der Waals surface area contributed by atoms with Crippen molar-refractivity contribution < 1.29 is 0 Å². The third-order valence-electron chi connectivity index (χ3n) is 3.06. The van der Waals surface area contributed by atoms with Gasteiger partial charge in [-0.15, -0.1) is 0 Å². The van der Waals surface area contributed by atoms with Gasteiger partial charge in [-0.05, 0) is 12.0 Å². The highest BCUT2D eigenvalue weighted by atomic mass is 14.6. The van der Waals surface area contributed by atoms with Crippen molar-refractivity contribution in [1.29, 1.82) is 5.26 Å². The predicted molar refractivity (Wildman–Crippen MR) is 67.2 cm³/mol. The van der Waals surface area contributed by atoms with Crippen molar-refractivity contribution in [3.63, 3.8) is 0 Å². The highest BCUT2D eigenvalue weighted by molar-refractivity contribution is 5.79. The van der Waals surface area contributed by atoms with Crippen molar-refractivity contribution in [3.8, 4) is 6.07 Å². The number of hydrogen-bond acceptors (Lipinski definition) is 2. The van der Waals surface area contributed by atoms with Gasteiger partial charge in [0.25, 0.3) is 0 Å².